The van der Waals surface area contributed by atoms with E-state index in [1.54, 1.807) is 6.07 Å². The Hall–Kier alpha value is -0.290. The molecule has 1 aliphatic heterocycles. The Labute approximate surface area is 110 Å². The third-order valence-corrected chi connectivity index (χ3v) is 4.83. The number of rotatable bonds is 4. The lowest BCUT2D eigenvalue weighted by Crippen LogP contribution is -2.42. The number of thioether (sulfide) groups is 1. The van der Waals surface area contributed by atoms with E-state index in [9.17, 15) is 4.39 Å². The van der Waals surface area contributed by atoms with Crippen LogP contribution in [0.5, 0.6) is 0 Å². The largest absolute Gasteiger partial charge is 0.271 e. The van der Waals surface area contributed by atoms with Gasteiger partial charge in [-0.3, -0.25) is 11.3 Å². The number of nitrogens with two attached hydrogens (primary N) is 1. The zero-order valence-electron chi connectivity index (χ0n) is 9.46. The van der Waals surface area contributed by atoms with Gasteiger partial charge in [-0.25, -0.2) is 4.39 Å². The molecule has 0 aromatic heterocycles. The van der Waals surface area contributed by atoms with Crippen molar-refractivity contribution in [2.24, 2.45) is 11.8 Å². The van der Waals surface area contributed by atoms with E-state index in [1.807, 2.05) is 17.8 Å². The lowest BCUT2D eigenvalue weighted by molar-refractivity contribution is 0.385. The van der Waals surface area contributed by atoms with Gasteiger partial charge in [-0.05, 0) is 41.9 Å². The van der Waals surface area contributed by atoms with Crippen LogP contribution in [0.2, 0.25) is 5.02 Å². The Morgan fingerprint density at radius 3 is 3.06 bits per heavy atom. The highest BCUT2D eigenvalue weighted by atomic mass is 35.5. The minimum absolute atomic E-state index is 0.171. The van der Waals surface area contributed by atoms with Crippen LogP contribution in [0.1, 0.15) is 12.0 Å². The van der Waals surface area contributed by atoms with E-state index >= 15 is 0 Å². The maximum Gasteiger partial charge on any atom is 0.142 e. The fraction of sp³-hybridized carbons (Fsp3) is 0.500. The Balaban J connectivity index is 2.09. The lowest BCUT2D eigenvalue weighted by atomic mass is 9.93. The average Bonchev–Trinajstić information content (AvgIpc) is 2.85. The smallest absolute Gasteiger partial charge is 0.142 e. The number of hydrogen-bond donors (Lipinski definition) is 2. The Kier molecular flexibility index (Phi) is 4.68. The van der Waals surface area contributed by atoms with Gasteiger partial charge in [0.15, 0.2) is 0 Å². The van der Waals surface area contributed by atoms with Gasteiger partial charge in [0, 0.05) is 6.04 Å². The zero-order valence-corrected chi connectivity index (χ0v) is 11.0. The molecule has 17 heavy (non-hydrogen) atoms. The first kappa shape index (κ1) is 13.1. The molecular weight excluding hydrogens is 259 g/mol. The SMILES string of the molecule is NNC(Cc1cccc(F)c1Cl)C1CCSC1. The summed E-state index contributed by atoms with van der Waals surface area (Å²) in [6.45, 7) is 0. The molecule has 94 valence electrons. The molecule has 0 saturated carbocycles. The highest BCUT2D eigenvalue weighted by Crippen LogP contribution is 2.29. The molecule has 0 bridgehead atoms. The molecular formula is C12H16ClFN2S. The van der Waals surface area contributed by atoms with Gasteiger partial charge >= 0.3 is 0 Å². The van der Waals surface area contributed by atoms with E-state index in [1.165, 1.54) is 11.8 Å². The quantitative estimate of drug-likeness (QED) is 0.655. The summed E-state index contributed by atoms with van der Waals surface area (Å²) in [6.07, 6.45) is 1.84. The minimum Gasteiger partial charge on any atom is -0.271 e. The van der Waals surface area contributed by atoms with Crippen LogP contribution in [-0.4, -0.2) is 17.5 Å². The van der Waals surface area contributed by atoms with Crippen molar-refractivity contribution in [3.63, 3.8) is 0 Å². The third-order valence-electron chi connectivity index (χ3n) is 3.22. The summed E-state index contributed by atoms with van der Waals surface area (Å²) in [6, 6.07) is 5.09. The summed E-state index contributed by atoms with van der Waals surface area (Å²) >= 11 is 7.89. The molecule has 0 spiro atoms. The Morgan fingerprint density at radius 1 is 1.59 bits per heavy atom. The van der Waals surface area contributed by atoms with E-state index in [0.29, 0.717) is 12.3 Å². The molecule has 2 nitrogen and oxygen atoms in total. The molecule has 1 aromatic carbocycles. The second-order valence-corrected chi connectivity index (χ2v) is 5.84. The van der Waals surface area contributed by atoms with Gasteiger partial charge in [-0.2, -0.15) is 11.8 Å². The van der Waals surface area contributed by atoms with Gasteiger partial charge in [-0.1, -0.05) is 23.7 Å². The van der Waals surface area contributed by atoms with Gasteiger partial charge < -0.3 is 0 Å². The van der Waals surface area contributed by atoms with Crippen molar-refractivity contribution in [2.75, 3.05) is 11.5 Å². The second kappa shape index (κ2) is 6.05. The van der Waals surface area contributed by atoms with Crippen molar-refractivity contribution in [2.45, 2.75) is 18.9 Å². The van der Waals surface area contributed by atoms with E-state index in [-0.39, 0.29) is 16.9 Å². The van der Waals surface area contributed by atoms with Crippen LogP contribution in [0.4, 0.5) is 4.39 Å². The molecule has 1 aromatic rings. The van der Waals surface area contributed by atoms with Crippen LogP contribution < -0.4 is 11.3 Å². The first-order valence-electron chi connectivity index (χ1n) is 5.69. The highest BCUT2D eigenvalue weighted by Gasteiger charge is 2.25. The Bertz CT molecular complexity index is 383. The number of nitrogens with one attached hydrogen (secondary N) is 1. The minimum atomic E-state index is -0.360. The number of benzene rings is 1. The fourth-order valence-electron chi connectivity index (χ4n) is 2.17. The van der Waals surface area contributed by atoms with Crippen LogP contribution in [-0.2, 0) is 6.42 Å². The van der Waals surface area contributed by atoms with Gasteiger partial charge in [0.2, 0.25) is 0 Å². The molecule has 3 N–H and O–H groups in total. The standard InChI is InChI=1S/C12H16ClFN2S/c13-12-8(2-1-3-10(12)14)6-11(16-15)9-4-5-17-7-9/h1-3,9,11,16H,4-7,15H2. The predicted octanol–water partition coefficient (Wildman–Crippen LogP) is 2.61. The molecule has 2 unspecified atom stereocenters. The fourth-order valence-corrected chi connectivity index (χ4v) is 3.72. The molecule has 1 heterocycles. The van der Waals surface area contributed by atoms with Crippen LogP contribution in [0.15, 0.2) is 18.2 Å². The van der Waals surface area contributed by atoms with Gasteiger partial charge in [0.05, 0.1) is 5.02 Å². The van der Waals surface area contributed by atoms with Crippen molar-refractivity contribution in [3.8, 4) is 0 Å². The first-order chi connectivity index (χ1) is 8.22. The highest BCUT2D eigenvalue weighted by molar-refractivity contribution is 7.99. The molecule has 1 saturated heterocycles. The van der Waals surface area contributed by atoms with E-state index in [2.05, 4.69) is 5.43 Å². The lowest BCUT2D eigenvalue weighted by Gasteiger charge is -2.22. The van der Waals surface area contributed by atoms with Crippen LogP contribution in [0.25, 0.3) is 0 Å². The summed E-state index contributed by atoms with van der Waals surface area (Å²) in [5.74, 6) is 8.07. The monoisotopic (exact) mass is 274 g/mol. The van der Waals surface area contributed by atoms with Crippen molar-refractivity contribution < 1.29 is 4.39 Å². The van der Waals surface area contributed by atoms with Crippen molar-refractivity contribution in [3.05, 3.63) is 34.6 Å². The third kappa shape index (κ3) is 3.13. The number of hydrogen-bond acceptors (Lipinski definition) is 3. The van der Waals surface area contributed by atoms with Gasteiger partial charge in [0.25, 0.3) is 0 Å². The van der Waals surface area contributed by atoms with Crippen LogP contribution in [0, 0.1) is 11.7 Å². The summed E-state index contributed by atoms with van der Waals surface area (Å²) in [5, 5.41) is 0.221. The van der Waals surface area contributed by atoms with Gasteiger partial charge in [0.1, 0.15) is 5.82 Å². The second-order valence-electron chi connectivity index (χ2n) is 4.31. The van der Waals surface area contributed by atoms with E-state index < -0.39 is 0 Å². The van der Waals surface area contributed by atoms with E-state index in [0.717, 1.165) is 17.7 Å². The summed E-state index contributed by atoms with van der Waals surface area (Å²) in [5.41, 5.74) is 3.67. The number of halogens is 2. The van der Waals surface area contributed by atoms with E-state index in [4.69, 9.17) is 17.4 Å². The molecule has 2 atom stereocenters. The maximum atomic E-state index is 13.3. The first-order valence-corrected chi connectivity index (χ1v) is 7.22. The normalized spacial score (nSPS) is 21.7. The van der Waals surface area contributed by atoms with Gasteiger partial charge in [-0.15, -0.1) is 0 Å². The topological polar surface area (TPSA) is 38.0 Å². The molecule has 0 amide bonds. The molecule has 1 fully saturated rings. The van der Waals surface area contributed by atoms with Crippen molar-refractivity contribution in [1.82, 2.24) is 5.43 Å². The zero-order chi connectivity index (χ0) is 12.3. The molecule has 1 aliphatic rings. The number of hydrazine groups is 1. The van der Waals surface area contributed by atoms with Crippen LogP contribution in [0.3, 0.4) is 0 Å². The predicted molar refractivity (Wildman–Crippen MR) is 71.7 cm³/mol. The van der Waals surface area contributed by atoms with Crippen LogP contribution >= 0.6 is 23.4 Å². The summed E-state index contributed by atoms with van der Waals surface area (Å²) < 4.78 is 13.3. The maximum absolute atomic E-state index is 13.3. The molecule has 0 aliphatic carbocycles. The Morgan fingerprint density at radius 2 is 2.41 bits per heavy atom. The summed E-state index contributed by atoms with van der Waals surface area (Å²) in [7, 11) is 0. The van der Waals surface area contributed by atoms with Crippen molar-refractivity contribution in [1.29, 1.82) is 0 Å². The molecule has 5 heteroatoms. The average molecular weight is 275 g/mol. The molecule has 2 rings (SSSR count). The molecule has 0 radical (unpaired) electrons. The summed E-state index contributed by atoms with van der Waals surface area (Å²) in [4.78, 5) is 0. The van der Waals surface area contributed by atoms with Crippen molar-refractivity contribution >= 4 is 23.4 Å².